The number of hydrogen-bond donors (Lipinski definition) is 0. The number of nitrogens with zero attached hydrogens (tertiary/aromatic N) is 2. The molecule has 1 heterocycles. The van der Waals surface area contributed by atoms with Crippen molar-refractivity contribution in [1.29, 1.82) is 0 Å². The van der Waals surface area contributed by atoms with E-state index in [1.54, 1.807) is 26.0 Å². The molecule has 1 aliphatic rings. The van der Waals surface area contributed by atoms with Crippen LogP contribution in [-0.4, -0.2) is 63.1 Å². The van der Waals surface area contributed by atoms with Gasteiger partial charge in [0.15, 0.2) is 0 Å². The van der Waals surface area contributed by atoms with E-state index in [0.29, 0.717) is 37.6 Å². The van der Waals surface area contributed by atoms with Gasteiger partial charge in [-0.2, -0.15) is 4.31 Å². The van der Waals surface area contributed by atoms with E-state index in [1.807, 2.05) is 13.8 Å². The van der Waals surface area contributed by atoms with E-state index in [9.17, 15) is 13.2 Å². The molecule has 8 heteroatoms. The standard InChI is InChI=1S/C17H26N2O5S/c1-5-23-15-7-8-16(14(4)13(15)3)25(21,22)19-11-9-18(10-12-19)17(20)24-6-2/h7-8H,5-6,9-12H2,1-4H3. The van der Waals surface area contributed by atoms with Gasteiger partial charge in [-0.25, -0.2) is 13.2 Å². The van der Waals surface area contributed by atoms with Crippen molar-refractivity contribution < 1.29 is 22.7 Å². The fourth-order valence-electron chi connectivity index (χ4n) is 2.83. The van der Waals surface area contributed by atoms with E-state index in [1.165, 1.54) is 9.21 Å². The minimum Gasteiger partial charge on any atom is -0.494 e. The van der Waals surface area contributed by atoms with Crippen LogP contribution in [0.5, 0.6) is 5.75 Å². The van der Waals surface area contributed by atoms with E-state index in [2.05, 4.69) is 0 Å². The van der Waals surface area contributed by atoms with Crippen LogP contribution < -0.4 is 4.74 Å². The van der Waals surface area contributed by atoms with E-state index < -0.39 is 16.1 Å². The molecule has 0 aliphatic carbocycles. The van der Waals surface area contributed by atoms with E-state index in [4.69, 9.17) is 9.47 Å². The number of hydrogen-bond acceptors (Lipinski definition) is 5. The highest BCUT2D eigenvalue weighted by atomic mass is 32.2. The molecule has 0 bridgehead atoms. The van der Waals surface area contributed by atoms with Crippen molar-refractivity contribution in [3.05, 3.63) is 23.3 Å². The van der Waals surface area contributed by atoms with Gasteiger partial charge in [-0.15, -0.1) is 0 Å². The SMILES string of the molecule is CCOC(=O)N1CCN(S(=O)(=O)c2ccc(OCC)c(C)c2C)CC1. The number of carbonyl (C=O) groups is 1. The number of sulfonamides is 1. The van der Waals surface area contributed by atoms with Crippen LogP contribution in [0.25, 0.3) is 0 Å². The summed E-state index contributed by atoms with van der Waals surface area (Å²) in [5.41, 5.74) is 1.52. The van der Waals surface area contributed by atoms with Gasteiger partial charge in [0.25, 0.3) is 0 Å². The van der Waals surface area contributed by atoms with Crippen LogP contribution in [0.3, 0.4) is 0 Å². The molecule has 1 fully saturated rings. The molecular formula is C17H26N2O5S. The second kappa shape index (κ2) is 8.05. The third-order valence-electron chi connectivity index (χ3n) is 4.37. The Kier molecular flexibility index (Phi) is 6.29. The third-order valence-corrected chi connectivity index (χ3v) is 6.41. The Bertz CT molecular complexity index is 725. The molecule has 0 atom stereocenters. The summed E-state index contributed by atoms with van der Waals surface area (Å²) in [4.78, 5) is 13.6. The monoisotopic (exact) mass is 370 g/mol. The maximum Gasteiger partial charge on any atom is 0.409 e. The summed E-state index contributed by atoms with van der Waals surface area (Å²) in [6.45, 7) is 9.29. The van der Waals surface area contributed by atoms with Crippen molar-refractivity contribution in [2.75, 3.05) is 39.4 Å². The largest absolute Gasteiger partial charge is 0.494 e. The summed E-state index contributed by atoms with van der Waals surface area (Å²) in [7, 11) is -3.61. The highest BCUT2D eigenvalue weighted by molar-refractivity contribution is 7.89. The van der Waals surface area contributed by atoms with Crippen LogP contribution in [0.4, 0.5) is 4.79 Å². The molecule has 1 amide bonds. The lowest BCUT2D eigenvalue weighted by atomic mass is 10.1. The quantitative estimate of drug-likeness (QED) is 0.794. The molecule has 0 spiro atoms. The molecule has 7 nitrogen and oxygen atoms in total. The molecule has 0 N–H and O–H groups in total. The predicted molar refractivity (Wildman–Crippen MR) is 94.4 cm³/mol. The summed E-state index contributed by atoms with van der Waals surface area (Å²) in [6.07, 6.45) is -0.396. The summed E-state index contributed by atoms with van der Waals surface area (Å²) in [5.74, 6) is 0.700. The molecule has 1 aromatic rings. The van der Waals surface area contributed by atoms with Crippen LogP contribution in [0.2, 0.25) is 0 Å². The normalized spacial score (nSPS) is 15.9. The van der Waals surface area contributed by atoms with Gasteiger partial charge in [-0.3, -0.25) is 0 Å². The number of carbonyl (C=O) groups excluding carboxylic acids is 1. The van der Waals surface area contributed by atoms with Crippen molar-refractivity contribution in [2.45, 2.75) is 32.6 Å². The third kappa shape index (κ3) is 4.07. The Balaban J connectivity index is 2.18. The number of ether oxygens (including phenoxy) is 2. The minimum atomic E-state index is -3.61. The first-order chi connectivity index (χ1) is 11.8. The van der Waals surface area contributed by atoms with Crippen molar-refractivity contribution in [1.82, 2.24) is 9.21 Å². The predicted octanol–water partition coefficient (Wildman–Crippen LogP) is 2.16. The molecule has 0 unspecified atom stereocenters. The molecule has 140 valence electrons. The molecule has 2 rings (SSSR count). The number of benzene rings is 1. The molecule has 0 aromatic heterocycles. The Labute approximate surface area is 149 Å². The first-order valence-electron chi connectivity index (χ1n) is 8.47. The number of amides is 1. The fourth-order valence-corrected chi connectivity index (χ4v) is 4.53. The average Bonchev–Trinajstić information content (AvgIpc) is 2.59. The lowest BCUT2D eigenvalue weighted by Gasteiger charge is -2.33. The van der Waals surface area contributed by atoms with Crippen molar-refractivity contribution >= 4 is 16.1 Å². The average molecular weight is 370 g/mol. The van der Waals surface area contributed by atoms with Crippen molar-refractivity contribution in [3.8, 4) is 5.75 Å². The molecule has 1 aromatic carbocycles. The van der Waals surface area contributed by atoms with Crippen molar-refractivity contribution in [2.24, 2.45) is 0 Å². The first kappa shape index (κ1) is 19.5. The molecule has 25 heavy (non-hydrogen) atoms. The van der Waals surface area contributed by atoms with Crippen molar-refractivity contribution in [3.63, 3.8) is 0 Å². The van der Waals surface area contributed by atoms with Gasteiger partial charge in [-0.1, -0.05) is 0 Å². The Hall–Kier alpha value is -1.80. The second-order valence-electron chi connectivity index (χ2n) is 5.83. The number of piperazine rings is 1. The maximum atomic E-state index is 13.0. The molecular weight excluding hydrogens is 344 g/mol. The molecule has 0 saturated carbocycles. The van der Waals surface area contributed by atoms with Crippen LogP contribution in [0, 0.1) is 13.8 Å². The fraction of sp³-hybridized carbons (Fsp3) is 0.588. The van der Waals surface area contributed by atoms with Gasteiger partial charge < -0.3 is 14.4 Å². The van der Waals surface area contributed by atoms with Gasteiger partial charge in [0.05, 0.1) is 18.1 Å². The van der Waals surface area contributed by atoms with Gasteiger partial charge in [0, 0.05) is 26.2 Å². The summed E-state index contributed by atoms with van der Waals surface area (Å²) < 4.78 is 37.9. The number of rotatable bonds is 5. The van der Waals surface area contributed by atoms with E-state index in [-0.39, 0.29) is 18.0 Å². The van der Waals surface area contributed by atoms with Gasteiger partial charge in [0.2, 0.25) is 10.0 Å². The van der Waals surface area contributed by atoms with Gasteiger partial charge >= 0.3 is 6.09 Å². The maximum absolute atomic E-state index is 13.0. The summed E-state index contributed by atoms with van der Waals surface area (Å²) in [6, 6.07) is 3.30. The van der Waals surface area contributed by atoms with E-state index in [0.717, 1.165) is 5.56 Å². The highest BCUT2D eigenvalue weighted by Crippen LogP contribution is 2.29. The summed E-state index contributed by atoms with van der Waals surface area (Å²) in [5, 5.41) is 0. The molecule has 0 radical (unpaired) electrons. The van der Waals surface area contributed by atoms with E-state index >= 15 is 0 Å². The zero-order valence-electron chi connectivity index (χ0n) is 15.2. The second-order valence-corrected chi connectivity index (χ2v) is 7.74. The Morgan fingerprint density at radius 2 is 1.68 bits per heavy atom. The molecule has 1 aliphatic heterocycles. The zero-order valence-corrected chi connectivity index (χ0v) is 16.1. The topological polar surface area (TPSA) is 76.2 Å². The van der Waals surface area contributed by atoms with Crippen LogP contribution >= 0.6 is 0 Å². The minimum absolute atomic E-state index is 0.257. The van der Waals surface area contributed by atoms with Crippen LogP contribution in [-0.2, 0) is 14.8 Å². The lowest BCUT2D eigenvalue weighted by molar-refractivity contribution is 0.0934. The Morgan fingerprint density at radius 3 is 2.24 bits per heavy atom. The van der Waals surface area contributed by atoms with Gasteiger partial charge in [-0.05, 0) is 51.0 Å². The Morgan fingerprint density at radius 1 is 1.04 bits per heavy atom. The zero-order chi connectivity index (χ0) is 18.6. The van der Waals surface area contributed by atoms with Crippen LogP contribution in [0.15, 0.2) is 17.0 Å². The highest BCUT2D eigenvalue weighted by Gasteiger charge is 2.32. The lowest BCUT2D eigenvalue weighted by Crippen LogP contribution is -2.50. The molecule has 1 saturated heterocycles. The van der Waals surface area contributed by atoms with Crippen LogP contribution in [0.1, 0.15) is 25.0 Å². The van der Waals surface area contributed by atoms with Gasteiger partial charge in [0.1, 0.15) is 5.75 Å². The summed E-state index contributed by atoms with van der Waals surface area (Å²) >= 11 is 0. The smallest absolute Gasteiger partial charge is 0.409 e. The first-order valence-corrected chi connectivity index (χ1v) is 9.91.